The highest BCUT2D eigenvalue weighted by molar-refractivity contribution is 9.10. The highest BCUT2D eigenvalue weighted by atomic mass is 79.9. The van der Waals surface area contributed by atoms with Gasteiger partial charge in [0.05, 0.1) is 6.61 Å². The van der Waals surface area contributed by atoms with E-state index in [9.17, 15) is 0 Å². The molecule has 0 unspecified atom stereocenters. The third-order valence-electron chi connectivity index (χ3n) is 2.20. The second-order valence-corrected chi connectivity index (χ2v) is 4.40. The Balaban J connectivity index is 2.16. The van der Waals surface area contributed by atoms with Gasteiger partial charge < -0.3 is 9.84 Å². The van der Waals surface area contributed by atoms with Crippen molar-refractivity contribution < 1.29 is 9.84 Å². The van der Waals surface area contributed by atoms with Gasteiger partial charge in [0.2, 0.25) is 0 Å². The quantitative estimate of drug-likeness (QED) is 0.946. The Kier molecular flexibility index (Phi) is 3.71. The molecule has 0 fully saturated rings. The van der Waals surface area contributed by atoms with Crippen molar-refractivity contribution in [3.05, 3.63) is 46.2 Å². The molecule has 88 valence electrons. The van der Waals surface area contributed by atoms with Gasteiger partial charge in [-0.3, -0.25) is 0 Å². The number of benzene rings is 1. The fraction of sp³-hybridized carbons (Fsp3) is 0.167. The van der Waals surface area contributed by atoms with Gasteiger partial charge in [0.25, 0.3) is 0 Å². The van der Waals surface area contributed by atoms with Crippen molar-refractivity contribution in [1.82, 2.24) is 9.97 Å². The Morgan fingerprint density at radius 2 is 2.00 bits per heavy atom. The van der Waals surface area contributed by atoms with Crippen LogP contribution in [0, 0.1) is 6.92 Å². The zero-order valence-electron chi connectivity index (χ0n) is 9.22. The van der Waals surface area contributed by atoms with Crippen molar-refractivity contribution in [1.29, 1.82) is 0 Å². The molecule has 1 aromatic carbocycles. The number of ether oxygens (including phenoxy) is 1. The monoisotopic (exact) mass is 294 g/mol. The van der Waals surface area contributed by atoms with Crippen molar-refractivity contribution in [3.8, 4) is 11.8 Å². The fourth-order valence-electron chi connectivity index (χ4n) is 1.26. The molecular formula is C12H11BrN2O2. The molecule has 0 amide bonds. The molecule has 0 atom stereocenters. The van der Waals surface area contributed by atoms with Crippen molar-refractivity contribution in [2.45, 2.75) is 13.5 Å². The maximum absolute atomic E-state index is 8.86. The van der Waals surface area contributed by atoms with Gasteiger partial charge >= 0.3 is 6.01 Å². The van der Waals surface area contributed by atoms with Crippen LogP contribution >= 0.6 is 15.9 Å². The lowest BCUT2D eigenvalue weighted by Crippen LogP contribution is -1.94. The number of aliphatic hydroxyl groups excluding tert-OH is 1. The van der Waals surface area contributed by atoms with Crippen molar-refractivity contribution >= 4 is 15.9 Å². The first-order chi connectivity index (χ1) is 8.19. The van der Waals surface area contributed by atoms with Crippen molar-refractivity contribution in [2.75, 3.05) is 0 Å². The summed E-state index contributed by atoms with van der Waals surface area (Å²) in [6.45, 7) is 1.91. The molecule has 5 heteroatoms. The third-order valence-corrected chi connectivity index (χ3v) is 3.09. The van der Waals surface area contributed by atoms with Crippen LogP contribution in [0.5, 0.6) is 11.8 Å². The summed E-state index contributed by atoms with van der Waals surface area (Å²) < 4.78 is 6.52. The Morgan fingerprint density at radius 1 is 1.29 bits per heavy atom. The molecule has 0 aliphatic carbocycles. The molecule has 2 aromatic rings. The zero-order valence-corrected chi connectivity index (χ0v) is 10.8. The highest BCUT2D eigenvalue weighted by Crippen LogP contribution is 2.24. The molecule has 1 heterocycles. The van der Waals surface area contributed by atoms with Crippen LogP contribution in [0.4, 0.5) is 0 Å². The minimum atomic E-state index is -0.0718. The molecule has 0 spiro atoms. The number of aliphatic hydroxyl groups is 1. The van der Waals surface area contributed by atoms with Crippen LogP contribution in [0.25, 0.3) is 0 Å². The third kappa shape index (κ3) is 3.01. The average Bonchev–Trinajstić information content (AvgIpc) is 2.35. The van der Waals surface area contributed by atoms with E-state index in [2.05, 4.69) is 25.9 Å². The first-order valence-electron chi connectivity index (χ1n) is 5.05. The van der Waals surface area contributed by atoms with Crippen molar-refractivity contribution in [2.24, 2.45) is 0 Å². The van der Waals surface area contributed by atoms with Gasteiger partial charge in [-0.1, -0.05) is 15.9 Å². The van der Waals surface area contributed by atoms with E-state index >= 15 is 0 Å². The summed E-state index contributed by atoms with van der Waals surface area (Å²) in [6.07, 6.45) is 3.07. The molecule has 17 heavy (non-hydrogen) atoms. The molecule has 1 N–H and O–H groups in total. The van der Waals surface area contributed by atoms with Crippen LogP contribution in [0.1, 0.15) is 11.1 Å². The van der Waals surface area contributed by atoms with Crippen LogP contribution in [0.2, 0.25) is 0 Å². The predicted molar refractivity (Wildman–Crippen MR) is 66.9 cm³/mol. The predicted octanol–water partition coefficient (Wildman–Crippen LogP) is 2.83. The largest absolute Gasteiger partial charge is 0.424 e. The first kappa shape index (κ1) is 12.0. The second kappa shape index (κ2) is 5.25. The molecule has 0 saturated carbocycles. The van der Waals surface area contributed by atoms with Gasteiger partial charge in [0, 0.05) is 22.4 Å². The number of hydrogen-bond donors (Lipinski definition) is 1. The van der Waals surface area contributed by atoms with E-state index in [1.54, 1.807) is 0 Å². The Morgan fingerprint density at radius 3 is 2.59 bits per heavy atom. The van der Waals surface area contributed by atoms with Crippen LogP contribution < -0.4 is 4.74 Å². The summed E-state index contributed by atoms with van der Waals surface area (Å²) in [5.41, 5.74) is 1.74. The van der Waals surface area contributed by atoms with E-state index < -0.39 is 0 Å². The van der Waals surface area contributed by atoms with Crippen LogP contribution in [-0.4, -0.2) is 15.1 Å². The number of rotatable bonds is 3. The molecule has 0 saturated heterocycles. The molecule has 1 aromatic heterocycles. The highest BCUT2D eigenvalue weighted by Gasteiger charge is 2.02. The summed E-state index contributed by atoms with van der Waals surface area (Å²) in [5, 5.41) is 8.86. The lowest BCUT2D eigenvalue weighted by molar-refractivity contribution is 0.280. The minimum absolute atomic E-state index is 0.0718. The van der Waals surface area contributed by atoms with E-state index in [1.807, 2.05) is 25.1 Å². The molecule has 0 aliphatic rings. The van der Waals surface area contributed by atoms with Gasteiger partial charge in [-0.05, 0) is 30.7 Å². The van der Waals surface area contributed by atoms with E-state index in [4.69, 9.17) is 9.84 Å². The number of aromatic nitrogens is 2. The first-order valence-corrected chi connectivity index (χ1v) is 5.84. The van der Waals surface area contributed by atoms with Crippen molar-refractivity contribution in [3.63, 3.8) is 0 Å². The summed E-state index contributed by atoms with van der Waals surface area (Å²) in [4.78, 5) is 7.98. The lowest BCUT2D eigenvalue weighted by Gasteiger charge is -2.05. The molecular weight excluding hydrogens is 284 g/mol. The zero-order chi connectivity index (χ0) is 12.3. The normalized spacial score (nSPS) is 10.3. The van der Waals surface area contributed by atoms with E-state index in [0.717, 1.165) is 10.0 Å². The summed E-state index contributed by atoms with van der Waals surface area (Å²) >= 11 is 3.42. The Labute approximate surface area is 107 Å². The number of hydrogen-bond acceptors (Lipinski definition) is 4. The Hall–Kier alpha value is -1.46. The number of nitrogens with zero attached hydrogens (tertiary/aromatic N) is 2. The van der Waals surface area contributed by atoms with Gasteiger partial charge in [0.15, 0.2) is 0 Å². The van der Waals surface area contributed by atoms with E-state index in [-0.39, 0.29) is 12.6 Å². The number of aryl methyl sites for hydroxylation is 1. The average molecular weight is 295 g/mol. The Bertz CT molecular complexity index is 514. The SMILES string of the molecule is Cc1cc(Oc2ncc(CO)cn2)ccc1Br. The van der Waals surface area contributed by atoms with Gasteiger partial charge in [-0.25, -0.2) is 9.97 Å². The van der Waals surface area contributed by atoms with E-state index in [1.165, 1.54) is 12.4 Å². The molecule has 0 radical (unpaired) electrons. The maximum Gasteiger partial charge on any atom is 0.321 e. The number of halogens is 1. The lowest BCUT2D eigenvalue weighted by atomic mass is 10.2. The maximum atomic E-state index is 8.86. The summed E-state index contributed by atoms with van der Waals surface area (Å²) in [5.74, 6) is 0.683. The minimum Gasteiger partial charge on any atom is -0.424 e. The van der Waals surface area contributed by atoms with Crippen LogP contribution in [-0.2, 0) is 6.61 Å². The molecule has 2 rings (SSSR count). The topological polar surface area (TPSA) is 55.2 Å². The van der Waals surface area contributed by atoms with Crippen LogP contribution in [0.15, 0.2) is 35.1 Å². The van der Waals surface area contributed by atoms with Crippen LogP contribution in [0.3, 0.4) is 0 Å². The fourth-order valence-corrected chi connectivity index (χ4v) is 1.51. The van der Waals surface area contributed by atoms with E-state index in [0.29, 0.717) is 11.3 Å². The second-order valence-electron chi connectivity index (χ2n) is 3.55. The summed E-state index contributed by atoms with van der Waals surface area (Å²) in [7, 11) is 0. The summed E-state index contributed by atoms with van der Waals surface area (Å²) in [6, 6.07) is 5.91. The van der Waals surface area contributed by atoms with Gasteiger partial charge in [-0.15, -0.1) is 0 Å². The van der Waals surface area contributed by atoms with Gasteiger partial charge in [0.1, 0.15) is 5.75 Å². The van der Waals surface area contributed by atoms with Gasteiger partial charge in [-0.2, -0.15) is 0 Å². The smallest absolute Gasteiger partial charge is 0.321 e. The molecule has 0 bridgehead atoms. The molecule has 0 aliphatic heterocycles. The molecule has 4 nitrogen and oxygen atoms in total. The standard InChI is InChI=1S/C12H11BrN2O2/c1-8-4-10(2-3-11(8)13)17-12-14-5-9(7-16)6-15-12/h2-6,16H,7H2,1H3.